The highest BCUT2D eigenvalue weighted by Gasteiger charge is 2.49. The zero-order chi connectivity index (χ0) is 17.3. The molecule has 25 heavy (non-hydrogen) atoms. The van der Waals surface area contributed by atoms with Crippen LogP contribution in [0.15, 0.2) is 36.8 Å². The molecule has 2 aromatic rings. The van der Waals surface area contributed by atoms with E-state index in [1.54, 1.807) is 6.33 Å². The van der Waals surface area contributed by atoms with Crippen molar-refractivity contribution in [2.45, 2.75) is 23.9 Å². The van der Waals surface area contributed by atoms with Gasteiger partial charge in [0.1, 0.15) is 18.0 Å². The van der Waals surface area contributed by atoms with Crippen LogP contribution in [0.1, 0.15) is 12.1 Å². The fourth-order valence-corrected chi connectivity index (χ4v) is 4.93. The normalized spacial score (nSPS) is 21.4. The van der Waals surface area contributed by atoms with Gasteiger partial charge in [0.2, 0.25) is 0 Å². The maximum absolute atomic E-state index is 6.08. The average Bonchev–Trinajstić information content (AvgIpc) is 3.04. The number of hydrogen-bond acceptors (Lipinski definition) is 7. The Kier molecular flexibility index (Phi) is 4.52. The molecule has 4 heterocycles. The Morgan fingerprint density at radius 2 is 2.16 bits per heavy atom. The Labute approximate surface area is 152 Å². The number of rotatable bonds is 5. The lowest BCUT2D eigenvalue weighted by Gasteiger charge is -2.48. The van der Waals surface area contributed by atoms with E-state index in [1.807, 2.05) is 55.2 Å². The highest BCUT2D eigenvalue weighted by Crippen LogP contribution is 2.47. The third kappa shape index (κ3) is 3.57. The standard InChI is InChI=1S/C18H23N5OS/c1-22(2)16-7-17(21-13-20-16)23-11-18(12-23)8-15(10-25-18)24-9-14-5-3-4-6-19-14/h3-7,13,15H,8-12H2,1-2H3/t15-/m0/s1. The molecule has 0 saturated carbocycles. The van der Waals surface area contributed by atoms with Gasteiger partial charge >= 0.3 is 0 Å². The summed E-state index contributed by atoms with van der Waals surface area (Å²) in [6, 6.07) is 8.01. The zero-order valence-corrected chi connectivity index (χ0v) is 15.4. The minimum absolute atomic E-state index is 0.317. The molecule has 0 N–H and O–H groups in total. The van der Waals surface area contributed by atoms with Gasteiger partial charge in [0.25, 0.3) is 0 Å². The number of hydrogen-bond donors (Lipinski definition) is 0. The van der Waals surface area contributed by atoms with Crippen LogP contribution in [0.25, 0.3) is 0 Å². The molecule has 1 atom stereocenters. The van der Waals surface area contributed by atoms with Gasteiger partial charge in [0.15, 0.2) is 0 Å². The first-order chi connectivity index (χ1) is 12.1. The predicted octanol–water partition coefficient (Wildman–Crippen LogP) is 2.22. The van der Waals surface area contributed by atoms with E-state index in [4.69, 9.17) is 4.74 Å². The van der Waals surface area contributed by atoms with E-state index in [9.17, 15) is 0 Å². The predicted molar refractivity (Wildman–Crippen MR) is 101 cm³/mol. The van der Waals surface area contributed by atoms with Gasteiger partial charge in [0.05, 0.1) is 23.2 Å². The van der Waals surface area contributed by atoms with Crippen molar-refractivity contribution in [3.8, 4) is 0 Å². The van der Waals surface area contributed by atoms with E-state index in [0.717, 1.165) is 42.6 Å². The van der Waals surface area contributed by atoms with Crippen LogP contribution < -0.4 is 9.80 Å². The van der Waals surface area contributed by atoms with Crippen LogP contribution in [0, 0.1) is 0 Å². The van der Waals surface area contributed by atoms with Crippen molar-refractivity contribution in [1.29, 1.82) is 0 Å². The summed E-state index contributed by atoms with van der Waals surface area (Å²) in [7, 11) is 4.00. The van der Waals surface area contributed by atoms with Gasteiger partial charge in [-0.2, -0.15) is 0 Å². The van der Waals surface area contributed by atoms with Gasteiger partial charge in [-0.1, -0.05) is 6.07 Å². The quantitative estimate of drug-likeness (QED) is 0.813. The van der Waals surface area contributed by atoms with Crippen LogP contribution in [0.2, 0.25) is 0 Å². The van der Waals surface area contributed by atoms with E-state index < -0.39 is 0 Å². The molecule has 7 heteroatoms. The minimum atomic E-state index is 0.317. The summed E-state index contributed by atoms with van der Waals surface area (Å²) in [5.74, 6) is 3.03. The zero-order valence-electron chi connectivity index (χ0n) is 14.6. The van der Waals surface area contributed by atoms with Crippen molar-refractivity contribution in [2.24, 2.45) is 0 Å². The van der Waals surface area contributed by atoms with Crippen molar-refractivity contribution in [3.05, 3.63) is 42.5 Å². The van der Waals surface area contributed by atoms with E-state index >= 15 is 0 Å². The molecule has 2 aliphatic rings. The first-order valence-corrected chi connectivity index (χ1v) is 9.52. The van der Waals surface area contributed by atoms with Crippen molar-refractivity contribution in [1.82, 2.24) is 15.0 Å². The first kappa shape index (κ1) is 16.6. The molecule has 2 saturated heterocycles. The van der Waals surface area contributed by atoms with Crippen LogP contribution in [0.3, 0.4) is 0 Å². The first-order valence-electron chi connectivity index (χ1n) is 8.53. The summed E-state index contributed by atoms with van der Waals surface area (Å²) in [5, 5.41) is 0. The minimum Gasteiger partial charge on any atom is -0.371 e. The lowest BCUT2D eigenvalue weighted by Crippen LogP contribution is -2.59. The Hall–Kier alpha value is -1.86. The Morgan fingerprint density at radius 1 is 1.28 bits per heavy atom. The average molecular weight is 357 g/mol. The van der Waals surface area contributed by atoms with Gasteiger partial charge in [-0.3, -0.25) is 4.98 Å². The number of nitrogens with zero attached hydrogens (tertiary/aromatic N) is 5. The number of anilines is 2. The van der Waals surface area contributed by atoms with E-state index in [2.05, 4.69) is 25.9 Å². The molecule has 0 bridgehead atoms. The number of aromatic nitrogens is 3. The molecular formula is C18H23N5OS. The van der Waals surface area contributed by atoms with Gasteiger partial charge in [-0.05, 0) is 18.6 Å². The summed E-state index contributed by atoms with van der Waals surface area (Å²) < 4.78 is 6.40. The third-order valence-corrected chi connectivity index (χ3v) is 6.32. The molecule has 132 valence electrons. The largest absolute Gasteiger partial charge is 0.371 e. The third-order valence-electron chi connectivity index (χ3n) is 4.75. The molecule has 0 aromatic carbocycles. The van der Waals surface area contributed by atoms with Crippen molar-refractivity contribution >= 4 is 23.4 Å². The van der Waals surface area contributed by atoms with Gasteiger partial charge in [0, 0.05) is 45.2 Å². The summed E-state index contributed by atoms with van der Waals surface area (Å²) >= 11 is 2.04. The second-order valence-electron chi connectivity index (χ2n) is 6.94. The molecule has 2 aliphatic heterocycles. The lowest BCUT2D eigenvalue weighted by molar-refractivity contribution is 0.0459. The number of pyridine rings is 1. The summed E-state index contributed by atoms with van der Waals surface area (Å²) in [5.41, 5.74) is 1.00. The fourth-order valence-electron chi connectivity index (χ4n) is 3.38. The maximum Gasteiger partial charge on any atom is 0.134 e. The van der Waals surface area contributed by atoms with E-state index in [1.165, 1.54) is 0 Å². The molecular weight excluding hydrogens is 334 g/mol. The maximum atomic E-state index is 6.08. The Bertz CT molecular complexity index is 720. The Morgan fingerprint density at radius 3 is 2.92 bits per heavy atom. The second-order valence-corrected chi connectivity index (χ2v) is 8.43. The van der Waals surface area contributed by atoms with Crippen LogP contribution >= 0.6 is 11.8 Å². The summed E-state index contributed by atoms with van der Waals surface area (Å²) in [6.07, 6.45) is 4.89. The molecule has 0 unspecified atom stereocenters. The monoisotopic (exact) mass is 357 g/mol. The van der Waals surface area contributed by atoms with Crippen LogP contribution in [-0.4, -0.2) is 58.7 Å². The molecule has 0 amide bonds. The van der Waals surface area contributed by atoms with Crippen molar-refractivity contribution in [2.75, 3.05) is 42.7 Å². The van der Waals surface area contributed by atoms with Crippen LogP contribution in [0.4, 0.5) is 11.6 Å². The molecule has 0 aliphatic carbocycles. The highest BCUT2D eigenvalue weighted by atomic mass is 32.2. The van der Waals surface area contributed by atoms with Gasteiger partial charge in [-0.15, -0.1) is 11.8 Å². The van der Waals surface area contributed by atoms with Gasteiger partial charge in [-0.25, -0.2) is 9.97 Å². The van der Waals surface area contributed by atoms with Gasteiger partial charge < -0.3 is 14.5 Å². The SMILES string of the molecule is CN(C)c1cc(N2CC3(C[C@H](OCc4ccccn4)CS3)C2)ncn1. The summed E-state index contributed by atoms with van der Waals surface area (Å²) in [6.45, 7) is 2.67. The van der Waals surface area contributed by atoms with Crippen LogP contribution in [0.5, 0.6) is 0 Å². The van der Waals surface area contributed by atoms with E-state index in [-0.39, 0.29) is 0 Å². The summed E-state index contributed by atoms with van der Waals surface area (Å²) in [4.78, 5) is 17.4. The molecule has 0 radical (unpaired) electrons. The lowest BCUT2D eigenvalue weighted by atomic mass is 9.93. The Balaban J connectivity index is 1.30. The molecule has 2 fully saturated rings. The van der Waals surface area contributed by atoms with Crippen molar-refractivity contribution < 1.29 is 4.74 Å². The van der Waals surface area contributed by atoms with E-state index in [0.29, 0.717) is 17.5 Å². The fraction of sp³-hybridized carbons (Fsp3) is 0.500. The highest BCUT2D eigenvalue weighted by molar-refractivity contribution is 8.01. The molecule has 6 nitrogen and oxygen atoms in total. The molecule has 2 aromatic heterocycles. The van der Waals surface area contributed by atoms with Crippen LogP contribution in [-0.2, 0) is 11.3 Å². The number of ether oxygens (including phenoxy) is 1. The topological polar surface area (TPSA) is 54.4 Å². The smallest absolute Gasteiger partial charge is 0.134 e. The molecule has 1 spiro atoms. The number of thioether (sulfide) groups is 1. The molecule has 4 rings (SSSR count). The van der Waals surface area contributed by atoms with Crippen molar-refractivity contribution in [3.63, 3.8) is 0 Å². The second kappa shape index (κ2) is 6.80.